The van der Waals surface area contributed by atoms with Gasteiger partial charge in [0, 0.05) is 18.3 Å². The highest BCUT2D eigenvalue weighted by Gasteiger charge is 2.20. The van der Waals surface area contributed by atoms with E-state index < -0.39 is 17.9 Å². The van der Waals surface area contributed by atoms with Crippen LogP contribution in [0.25, 0.3) is 27.7 Å². The Labute approximate surface area is 183 Å². The molecule has 0 saturated carbocycles. The van der Waals surface area contributed by atoms with Crippen molar-refractivity contribution in [3.8, 4) is 23.1 Å². The number of nitrogens with zero attached hydrogens (tertiary/aromatic N) is 6. The van der Waals surface area contributed by atoms with Crippen LogP contribution < -0.4 is 10.1 Å². The molecular formula is C22H23F2N7O. The average Bonchev–Trinajstić information content (AvgIpc) is 3.34. The average molecular weight is 439 g/mol. The maximum absolute atomic E-state index is 14.9. The van der Waals surface area contributed by atoms with E-state index in [9.17, 15) is 14.0 Å². The summed E-state index contributed by atoms with van der Waals surface area (Å²) >= 11 is 0. The normalized spacial score (nSPS) is 11.8. The lowest BCUT2D eigenvalue weighted by Gasteiger charge is -2.16. The molecule has 0 amide bonds. The largest absolute Gasteiger partial charge is 0.479 e. The molecule has 10 heteroatoms. The molecule has 0 spiro atoms. The third-order valence-electron chi connectivity index (χ3n) is 5.28. The van der Waals surface area contributed by atoms with Crippen LogP contribution in [0.2, 0.25) is 0 Å². The summed E-state index contributed by atoms with van der Waals surface area (Å²) in [7, 11) is 1.49. The Morgan fingerprint density at radius 2 is 2.06 bits per heavy atom. The number of fused-ring (bicyclic) bond motifs is 2. The summed E-state index contributed by atoms with van der Waals surface area (Å²) in [6.07, 6.45) is 1.72. The van der Waals surface area contributed by atoms with Crippen molar-refractivity contribution >= 4 is 22.5 Å². The number of benzene rings is 1. The molecule has 0 radical (unpaired) electrons. The van der Waals surface area contributed by atoms with Gasteiger partial charge in [-0.3, -0.25) is 0 Å². The van der Waals surface area contributed by atoms with E-state index in [0.29, 0.717) is 46.4 Å². The highest BCUT2D eigenvalue weighted by Crippen LogP contribution is 2.34. The molecule has 166 valence electrons. The number of hydrogen-bond acceptors (Lipinski definition) is 6. The molecule has 4 aromatic rings. The van der Waals surface area contributed by atoms with Gasteiger partial charge in [-0.1, -0.05) is 0 Å². The number of halogens is 2. The molecule has 0 unspecified atom stereocenters. The fourth-order valence-electron chi connectivity index (χ4n) is 3.60. The molecule has 0 aliphatic carbocycles. The molecule has 4 rings (SSSR count). The lowest BCUT2D eigenvalue weighted by molar-refractivity contribution is 0.399. The first kappa shape index (κ1) is 21.5. The zero-order valence-electron chi connectivity index (χ0n) is 18.3. The topological polar surface area (TPSA) is 93.1 Å². The van der Waals surface area contributed by atoms with Crippen molar-refractivity contribution in [3.05, 3.63) is 36.0 Å². The molecule has 32 heavy (non-hydrogen) atoms. The first-order chi connectivity index (χ1) is 15.3. The summed E-state index contributed by atoms with van der Waals surface area (Å²) in [5, 5.41) is 16.7. The number of aryl methyl sites for hydroxylation is 2. The molecule has 8 nitrogen and oxygen atoms in total. The van der Waals surface area contributed by atoms with Gasteiger partial charge in [-0.15, -0.1) is 5.10 Å². The number of nitrogens with one attached hydrogen (secondary N) is 1. The molecule has 0 saturated heterocycles. The number of ether oxygens (including phenoxy) is 1. The summed E-state index contributed by atoms with van der Waals surface area (Å²) in [5.74, 6) is 0.658. The van der Waals surface area contributed by atoms with Gasteiger partial charge in [-0.25, -0.2) is 18.3 Å². The van der Waals surface area contributed by atoms with Crippen LogP contribution >= 0.6 is 0 Å². The Hall–Kier alpha value is -3.74. The monoisotopic (exact) mass is 439 g/mol. The number of hydrogen-bond donors (Lipinski definition) is 1. The number of anilines is 1. The molecule has 1 N–H and O–H groups in total. The summed E-state index contributed by atoms with van der Waals surface area (Å²) in [6, 6.07) is 7.18. The minimum atomic E-state index is -0.596. The van der Waals surface area contributed by atoms with Crippen molar-refractivity contribution in [1.29, 1.82) is 5.26 Å². The van der Waals surface area contributed by atoms with Crippen LogP contribution in [0.5, 0.6) is 5.88 Å². The minimum Gasteiger partial charge on any atom is -0.479 e. The molecule has 0 fully saturated rings. The Bertz CT molecular complexity index is 1350. The van der Waals surface area contributed by atoms with Crippen molar-refractivity contribution in [2.24, 2.45) is 5.41 Å². The standard InChI is InChI=1S/C22H23F2N7O/c1-13-27-18-16(24)9-14(10-17(18)30(13)8-6-23)15-5-7-31-19(15)20(32-4)28-21(29-31)26-12-22(2,3)11-25/h5,7,9-10H,6,8,12H2,1-4H3,(H,26,29). The third kappa shape index (κ3) is 3.70. The van der Waals surface area contributed by atoms with Crippen LogP contribution in [0, 0.1) is 29.5 Å². The van der Waals surface area contributed by atoms with Gasteiger partial charge in [0.15, 0.2) is 5.82 Å². The van der Waals surface area contributed by atoms with E-state index in [4.69, 9.17) is 4.74 Å². The predicted octanol–water partition coefficient (Wildman–Crippen LogP) is 4.13. The van der Waals surface area contributed by atoms with Crippen LogP contribution in [-0.2, 0) is 6.54 Å². The fourth-order valence-corrected chi connectivity index (χ4v) is 3.60. The molecule has 0 aliphatic rings. The molecule has 3 heterocycles. The van der Waals surface area contributed by atoms with Crippen molar-refractivity contribution in [2.45, 2.75) is 27.3 Å². The molecule has 0 atom stereocenters. The molecule has 3 aromatic heterocycles. The van der Waals surface area contributed by atoms with Crippen LogP contribution in [0.4, 0.5) is 14.7 Å². The molecular weight excluding hydrogens is 416 g/mol. The second-order valence-electron chi connectivity index (χ2n) is 8.14. The van der Waals surface area contributed by atoms with Gasteiger partial charge in [0.1, 0.15) is 23.5 Å². The Morgan fingerprint density at radius 1 is 1.28 bits per heavy atom. The molecule has 1 aromatic carbocycles. The lowest BCUT2D eigenvalue weighted by Crippen LogP contribution is -2.22. The SMILES string of the molecule is COc1nc(NCC(C)(C)C#N)nn2ccc(-c3cc(F)c4nc(C)n(CCF)c4c3)c12. The van der Waals surface area contributed by atoms with E-state index in [-0.39, 0.29) is 12.1 Å². The van der Waals surface area contributed by atoms with Crippen LogP contribution in [-0.4, -0.2) is 44.5 Å². The van der Waals surface area contributed by atoms with Crippen molar-refractivity contribution in [1.82, 2.24) is 24.1 Å². The van der Waals surface area contributed by atoms with Crippen LogP contribution in [0.1, 0.15) is 19.7 Å². The number of rotatable bonds is 7. The Morgan fingerprint density at radius 3 is 2.75 bits per heavy atom. The second kappa shape index (κ2) is 8.07. The smallest absolute Gasteiger partial charge is 0.244 e. The van der Waals surface area contributed by atoms with Crippen molar-refractivity contribution in [3.63, 3.8) is 0 Å². The number of methoxy groups -OCH3 is 1. The highest BCUT2D eigenvalue weighted by molar-refractivity contribution is 5.90. The van der Waals surface area contributed by atoms with Crippen molar-refractivity contribution in [2.75, 3.05) is 25.6 Å². The lowest BCUT2D eigenvalue weighted by atomic mass is 9.96. The number of alkyl halides is 1. The fraction of sp³-hybridized carbons (Fsp3) is 0.364. The predicted molar refractivity (Wildman–Crippen MR) is 117 cm³/mol. The van der Waals surface area contributed by atoms with Gasteiger partial charge in [0.25, 0.3) is 0 Å². The van der Waals surface area contributed by atoms with E-state index in [2.05, 4.69) is 26.5 Å². The van der Waals surface area contributed by atoms with E-state index in [0.717, 1.165) is 0 Å². The van der Waals surface area contributed by atoms with Gasteiger partial charge in [-0.05, 0) is 44.5 Å². The number of aromatic nitrogens is 5. The van der Waals surface area contributed by atoms with E-state index >= 15 is 0 Å². The zero-order chi connectivity index (χ0) is 23.0. The molecule has 0 bridgehead atoms. The summed E-state index contributed by atoms with van der Waals surface area (Å²) in [5.41, 5.74) is 1.93. The van der Waals surface area contributed by atoms with Gasteiger partial charge in [0.05, 0.1) is 30.7 Å². The van der Waals surface area contributed by atoms with Gasteiger partial charge < -0.3 is 14.6 Å². The van der Waals surface area contributed by atoms with E-state index in [1.807, 2.05) is 13.8 Å². The Kier molecular flexibility index (Phi) is 5.42. The van der Waals surface area contributed by atoms with Crippen molar-refractivity contribution < 1.29 is 13.5 Å². The number of imidazole rings is 1. The van der Waals surface area contributed by atoms with Gasteiger partial charge in [-0.2, -0.15) is 10.2 Å². The van der Waals surface area contributed by atoms with Crippen LogP contribution in [0.15, 0.2) is 24.4 Å². The number of nitriles is 1. The van der Waals surface area contributed by atoms with E-state index in [1.165, 1.54) is 13.2 Å². The highest BCUT2D eigenvalue weighted by atomic mass is 19.1. The summed E-state index contributed by atoms with van der Waals surface area (Å²) in [4.78, 5) is 8.66. The Balaban J connectivity index is 1.82. The van der Waals surface area contributed by atoms with E-state index in [1.54, 1.807) is 34.3 Å². The van der Waals surface area contributed by atoms with Gasteiger partial charge in [0.2, 0.25) is 11.8 Å². The third-order valence-corrected chi connectivity index (χ3v) is 5.28. The first-order valence-electron chi connectivity index (χ1n) is 10.1. The summed E-state index contributed by atoms with van der Waals surface area (Å²) < 4.78 is 36.7. The summed E-state index contributed by atoms with van der Waals surface area (Å²) in [6.45, 7) is 5.22. The second-order valence-corrected chi connectivity index (χ2v) is 8.14. The first-order valence-corrected chi connectivity index (χ1v) is 10.1. The quantitative estimate of drug-likeness (QED) is 0.465. The molecule has 0 aliphatic heterocycles. The zero-order valence-corrected chi connectivity index (χ0v) is 18.3. The van der Waals surface area contributed by atoms with Crippen LogP contribution in [0.3, 0.4) is 0 Å². The van der Waals surface area contributed by atoms with Gasteiger partial charge >= 0.3 is 0 Å². The minimum absolute atomic E-state index is 0.0994. The maximum Gasteiger partial charge on any atom is 0.244 e. The maximum atomic E-state index is 14.9.